The number of alkyl halides is 1. The van der Waals surface area contributed by atoms with Crippen LogP contribution in [0.3, 0.4) is 0 Å². The molecule has 0 amide bonds. The maximum absolute atomic E-state index is 4.37. The molecule has 1 unspecified atom stereocenters. The normalized spacial score (nSPS) is 14.7. The maximum atomic E-state index is 4.37. The van der Waals surface area contributed by atoms with Gasteiger partial charge in [0, 0.05) is 0 Å². The Balaban J connectivity index is 2.47. The van der Waals surface area contributed by atoms with Gasteiger partial charge < -0.3 is 0 Å². The summed E-state index contributed by atoms with van der Waals surface area (Å²) in [6.45, 7) is 2.25. The fraction of sp³-hybridized carbons (Fsp3) is 0.100. The first-order chi connectivity index (χ1) is 11.1. The molecule has 118 valence electrons. The summed E-state index contributed by atoms with van der Waals surface area (Å²) >= 11 is 8.34. The quantitative estimate of drug-likeness (QED) is 0.361. The van der Waals surface area contributed by atoms with E-state index in [1.807, 2.05) is 0 Å². The summed E-state index contributed by atoms with van der Waals surface area (Å²) in [7, 11) is 0. The van der Waals surface area contributed by atoms with Gasteiger partial charge in [0.15, 0.2) is 0 Å². The minimum atomic E-state index is -2.78. The molecule has 0 aromatic heterocycles. The molecule has 23 heavy (non-hydrogen) atoms. The third-order valence-electron chi connectivity index (χ3n) is 4.45. The van der Waals surface area contributed by atoms with E-state index in [0.717, 1.165) is 0 Å². The van der Waals surface area contributed by atoms with Crippen LogP contribution in [0.4, 0.5) is 0 Å². The van der Waals surface area contributed by atoms with Gasteiger partial charge in [0.2, 0.25) is 0 Å². The first kappa shape index (κ1) is 16.9. The van der Waals surface area contributed by atoms with Crippen LogP contribution in [0.15, 0.2) is 91.0 Å². The zero-order chi connectivity index (χ0) is 16.4. The average molecular weight is 450 g/mol. The van der Waals surface area contributed by atoms with Crippen molar-refractivity contribution in [3.8, 4) is 0 Å². The van der Waals surface area contributed by atoms with Gasteiger partial charge in [0.05, 0.1) is 0 Å². The molecule has 1 atom stereocenters. The predicted molar refractivity (Wildman–Crippen MR) is 112 cm³/mol. The fourth-order valence-electron chi connectivity index (χ4n) is 3.22. The molecule has 0 saturated heterocycles. The summed E-state index contributed by atoms with van der Waals surface area (Å²) in [5, 5.41) is 1.22. The van der Waals surface area contributed by atoms with Crippen LogP contribution in [-0.2, 0) is 0 Å². The van der Waals surface area contributed by atoms with E-state index in [9.17, 15) is 0 Å². The topological polar surface area (TPSA) is 0 Å². The van der Waals surface area contributed by atoms with E-state index in [-0.39, 0.29) is 4.57 Å². The van der Waals surface area contributed by atoms with Crippen LogP contribution >= 0.6 is 36.7 Å². The Kier molecular flexibility index (Phi) is 4.78. The molecule has 0 bridgehead atoms. The molecule has 3 heteroatoms. The minimum absolute atomic E-state index is 0.251. The van der Waals surface area contributed by atoms with Crippen LogP contribution < -0.4 is 15.9 Å². The molecule has 3 aromatic carbocycles. The third-order valence-corrected chi connectivity index (χ3v) is 19.3. The van der Waals surface area contributed by atoms with Crippen molar-refractivity contribution >= 4 is 52.6 Å². The van der Waals surface area contributed by atoms with Crippen LogP contribution in [0.1, 0.15) is 6.92 Å². The van der Waals surface area contributed by atoms with Gasteiger partial charge in [0.25, 0.3) is 0 Å². The molecular formula is C20H19Br2P. The predicted octanol–water partition coefficient (Wildman–Crippen LogP) is 5.57. The second-order valence-corrected chi connectivity index (χ2v) is 16.6. The second-order valence-electron chi connectivity index (χ2n) is 5.65. The summed E-state index contributed by atoms with van der Waals surface area (Å²) in [5.41, 5.74) is 0. The van der Waals surface area contributed by atoms with Gasteiger partial charge in [0.1, 0.15) is 0 Å². The Morgan fingerprint density at radius 2 is 0.870 bits per heavy atom. The number of benzene rings is 3. The Morgan fingerprint density at radius 1 is 0.609 bits per heavy atom. The van der Waals surface area contributed by atoms with E-state index in [0.29, 0.717) is 0 Å². The molecule has 3 aromatic rings. The van der Waals surface area contributed by atoms with Gasteiger partial charge in [-0.1, -0.05) is 0 Å². The van der Waals surface area contributed by atoms with Gasteiger partial charge in [-0.15, -0.1) is 0 Å². The van der Waals surface area contributed by atoms with E-state index >= 15 is 0 Å². The number of halogens is 2. The van der Waals surface area contributed by atoms with Crippen molar-refractivity contribution in [2.24, 2.45) is 0 Å². The number of hydrogen-bond acceptors (Lipinski definition) is 0. The van der Waals surface area contributed by atoms with Crippen LogP contribution in [-0.4, -0.2) is 4.57 Å². The van der Waals surface area contributed by atoms with Crippen molar-refractivity contribution in [3.05, 3.63) is 91.0 Å². The summed E-state index contributed by atoms with van der Waals surface area (Å²) in [4.78, 5) is 0. The zero-order valence-corrected chi connectivity index (χ0v) is 17.0. The standard InChI is InChI=1S/C20H19Br2P/c1-17(21)23(22,18-11-5-2-6-12-18,19-13-7-3-8-14-19)20-15-9-4-10-16-20/h2-17H,1H3. The molecule has 0 N–H and O–H groups in total. The van der Waals surface area contributed by atoms with Crippen molar-refractivity contribution in [3.63, 3.8) is 0 Å². The first-order valence-electron chi connectivity index (χ1n) is 7.63. The Bertz CT molecular complexity index is 671. The van der Waals surface area contributed by atoms with Crippen molar-refractivity contribution in [1.29, 1.82) is 0 Å². The molecular weight excluding hydrogens is 431 g/mol. The zero-order valence-electron chi connectivity index (χ0n) is 12.9. The molecule has 0 saturated carbocycles. The molecule has 0 aliphatic rings. The van der Waals surface area contributed by atoms with Crippen molar-refractivity contribution < 1.29 is 0 Å². The van der Waals surface area contributed by atoms with Gasteiger partial charge in [-0.2, -0.15) is 0 Å². The molecule has 0 aliphatic carbocycles. The van der Waals surface area contributed by atoms with Crippen molar-refractivity contribution in [1.82, 2.24) is 0 Å². The van der Waals surface area contributed by atoms with Crippen LogP contribution in [0.25, 0.3) is 0 Å². The SMILES string of the molecule is CC(Br)P(Br)(c1ccccc1)(c1ccccc1)c1ccccc1. The molecule has 0 aliphatic heterocycles. The first-order valence-corrected chi connectivity index (χ1v) is 12.9. The van der Waals surface area contributed by atoms with Gasteiger partial charge in [-0.25, -0.2) is 0 Å². The van der Waals surface area contributed by atoms with Crippen LogP contribution in [0, 0.1) is 0 Å². The van der Waals surface area contributed by atoms with E-state index in [1.54, 1.807) is 0 Å². The molecule has 0 heterocycles. The van der Waals surface area contributed by atoms with Crippen molar-refractivity contribution in [2.45, 2.75) is 11.5 Å². The summed E-state index contributed by atoms with van der Waals surface area (Å²) in [6, 6.07) is 32.4. The molecule has 0 radical (unpaired) electrons. The molecule has 0 spiro atoms. The molecule has 3 rings (SSSR count). The van der Waals surface area contributed by atoms with Gasteiger partial charge >= 0.3 is 155 Å². The summed E-state index contributed by atoms with van der Waals surface area (Å²) < 4.78 is 0.251. The summed E-state index contributed by atoms with van der Waals surface area (Å²) in [6.07, 6.45) is 0. The van der Waals surface area contributed by atoms with E-state index < -0.39 is 5.31 Å². The van der Waals surface area contributed by atoms with Gasteiger partial charge in [-0.05, 0) is 0 Å². The Hall–Kier alpha value is -0.950. The monoisotopic (exact) mass is 448 g/mol. The van der Waals surface area contributed by atoms with E-state index in [1.165, 1.54) is 15.9 Å². The average Bonchev–Trinajstić information content (AvgIpc) is 2.63. The van der Waals surface area contributed by atoms with E-state index in [2.05, 4.69) is 129 Å². The summed E-state index contributed by atoms with van der Waals surface area (Å²) in [5.74, 6) is 0. The molecule has 0 fully saturated rings. The number of rotatable bonds is 4. The van der Waals surface area contributed by atoms with Crippen LogP contribution in [0.2, 0.25) is 0 Å². The third kappa shape index (κ3) is 2.52. The Labute approximate surface area is 154 Å². The van der Waals surface area contributed by atoms with Crippen LogP contribution in [0.5, 0.6) is 0 Å². The fourth-order valence-corrected chi connectivity index (χ4v) is 11.9. The molecule has 0 nitrogen and oxygen atoms in total. The Morgan fingerprint density at radius 3 is 1.09 bits per heavy atom. The van der Waals surface area contributed by atoms with E-state index in [4.69, 9.17) is 0 Å². The number of hydrogen-bond donors (Lipinski definition) is 0. The van der Waals surface area contributed by atoms with Crippen molar-refractivity contribution in [2.75, 3.05) is 0 Å². The van der Waals surface area contributed by atoms with Gasteiger partial charge in [-0.3, -0.25) is 0 Å². The second kappa shape index (κ2) is 6.51.